The Morgan fingerprint density at radius 1 is 1.40 bits per heavy atom. The largest absolute Gasteiger partial charge is 0.480 e. The average Bonchev–Trinajstić information content (AvgIpc) is 1.96. The van der Waals surface area contributed by atoms with E-state index in [0.29, 0.717) is 0 Å². The monoisotopic (exact) mass is 223 g/mol. The minimum atomic E-state index is -1.33. The third kappa shape index (κ3) is 7.71. The highest BCUT2D eigenvalue weighted by molar-refractivity contribution is 5.80. The maximum Gasteiger partial charge on any atom is 0.408 e. The predicted octanol–water partition coefficient (Wildman–Crippen LogP) is -0.868. The molecule has 0 fully saturated rings. The van der Waals surface area contributed by atoms with Crippen molar-refractivity contribution in [3.05, 3.63) is 0 Å². The molecule has 0 saturated carbocycles. The molecule has 0 rings (SSSR count). The van der Waals surface area contributed by atoms with E-state index in [9.17, 15) is 9.59 Å². The van der Waals surface area contributed by atoms with Gasteiger partial charge in [0.2, 0.25) is 0 Å². The second-order valence-corrected chi connectivity index (χ2v) is 3.72. The van der Waals surface area contributed by atoms with E-state index in [1.54, 1.807) is 20.8 Å². The summed E-state index contributed by atoms with van der Waals surface area (Å²) in [5.74, 6) is -1.31. The first kappa shape index (κ1) is 16.1. The smallest absolute Gasteiger partial charge is 0.408 e. The molecule has 7 nitrogen and oxygen atoms in total. The normalized spacial score (nSPS) is 12.3. The van der Waals surface area contributed by atoms with Crippen LogP contribution in [-0.4, -0.2) is 46.0 Å². The SMILES string of the molecule is CC(C)(C)OC(=O)N[C@@H](CO)C(=O)O.O. The Balaban J connectivity index is 0. The van der Waals surface area contributed by atoms with E-state index in [4.69, 9.17) is 14.9 Å². The number of hydrogen-bond acceptors (Lipinski definition) is 4. The van der Waals surface area contributed by atoms with Gasteiger partial charge in [-0.2, -0.15) is 0 Å². The van der Waals surface area contributed by atoms with Gasteiger partial charge in [0.15, 0.2) is 6.04 Å². The fraction of sp³-hybridized carbons (Fsp3) is 0.750. The average molecular weight is 223 g/mol. The van der Waals surface area contributed by atoms with Crippen LogP contribution in [0.5, 0.6) is 0 Å². The van der Waals surface area contributed by atoms with Gasteiger partial charge in [0.1, 0.15) is 5.60 Å². The fourth-order valence-corrected chi connectivity index (χ4v) is 0.635. The molecule has 0 aliphatic rings. The van der Waals surface area contributed by atoms with E-state index < -0.39 is 30.3 Å². The highest BCUT2D eigenvalue weighted by Gasteiger charge is 2.22. The number of carbonyl (C=O) groups excluding carboxylic acids is 1. The molecule has 0 aliphatic heterocycles. The molecular formula is C8H17NO6. The summed E-state index contributed by atoms with van der Waals surface area (Å²) >= 11 is 0. The summed E-state index contributed by atoms with van der Waals surface area (Å²) in [4.78, 5) is 21.4. The van der Waals surface area contributed by atoms with Gasteiger partial charge in [-0.05, 0) is 20.8 Å². The number of ether oxygens (including phenoxy) is 1. The number of nitrogens with one attached hydrogen (secondary N) is 1. The number of aliphatic hydroxyl groups excluding tert-OH is 1. The van der Waals surface area contributed by atoms with Crippen LogP contribution in [0.25, 0.3) is 0 Å². The number of carboxylic acids is 1. The van der Waals surface area contributed by atoms with Crippen molar-refractivity contribution >= 4 is 12.1 Å². The van der Waals surface area contributed by atoms with Crippen molar-refractivity contribution in [1.82, 2.24) is 5.32 Å². The lowest BCUT2D eigenvalue weighted by Gasteiger charge is -2.21. The van der Waals surface area contributed by atoms with Gasteiger partial charge in [0.05, 0.1) is 6.61 Å². The first-order valence-corrected chi connectivity index (χ1v) is 4.09. The third-order valence-corrected chi connectivity index (χ3v) is 1.17. The second-order valence-electron chi connectivity index (χ2n) is 3.72. The van der Waals surface area contributed by atoms with Crippen molar-refractivity contribution < 1.29 is 30.0 Å². The van der Waals surface area contributed by atoms with E-state index in [1.807, 2.05) is 5.32 Å². The molecule has 7 heteroatoms. The van der Waals surface area contributed by atoms with E-state index in [0.717, 1.165) is 0 Å². The minimum Gasteiger partial charge on any atom is -0.480 e. The molecular weight excluding hydrogens is 206 g/mol. The van der Waals surface area contributed by atoms with Crippen LogP contribution >= 0.6 is 0 Å². The maximum absolute atomic E-state index is 11.0. The summed E-state index contributed by atoms with van der Waals surface area (Å²) in [6, 6.07) is -1.33. The summed E-state index contributed by atoms with van der Waals surface area (Å²) < 4.78 is 4.80. The summed E-state index contributed by atoms with van der Waals surface area (Å²) in [6.45, 7) is 4.29. The van der Waals surface area contributed by atoms with E-state index in [1.165, 1.54) is 0 Å². The molecule has 0 unspecified atom stereocenters. The van der Waals surface area contributed by atoms with Crippen LogP contribution in [0, 0.1) is 0 Å². The lowest BCUT2D eigenvalue weighted by molar-refractivity contribution is -0.140. The third-order valence-electron chi connectivity index (χ3n) is 1.17. The Morgan fingerprint density at radius 2 is 1.87 bits per heavy atom. The molecule has 0 spiro atoms. The molecule has 0 saturated heterocycles. The molecule has 5 N–H and O–H groups in total. The van der Waals surface area contributed by atoms with Crippen LogP contribution < -0.4 is 5.32 Å². The molecule has 0 aromatic heterocycles. The lowest BCUT2D eigenvalue weighted by Crippen LogP contribution is -2.45. The number of hydrogen-bond donors (Lipinski definition) is 3. The Bertz CT molecular complexity index is 222. The molecule has 0 aromatic rings. The van der Waals surface area contributed by atoms with Gasteiger partial charge in [-0.3, -0.25) is 0 Å². The van der Waals surface area contributed by atoms with Crippen LogP contribution in [0.2, 0.25) is 0 Å². The van der Waals surface area contributed by atoms with Crippen LogP contribution in [0.15, 0.2) is 0 Å². The van der Waals surface area contributed by atoms with Crippen molar-refractivity contribution in [3.8, 4) is 0 Å². The summed E-state index contributed by atoms with van der Waals surface area (Å²) in [7, 11) is 0. The maximum atomic E-state index is 11.0. The Labute approximate surface area is 87.3 Å². The van der Waals surface area contributed by atoms with Gasteiger partial charge in [0.25, 0.3) is 0 Å². The second kappa shape index (κ2) is 6.20. The van der Waals surface area contributed by atoms with E-state index in [2.05, 4.69) is 0 Å². The lowest BCUT2D eigenvalue weighted by atomic mass is 10.2. The van der Waals surface area contributed by atoms with Crippen molar-refractivity contribution in [2.24, 2.45) is 0 Å². The Kier molecular flexibility index (Phi) is 6.66. The Morgan fingerprint density at radius 3 is 2.13 bits per heavy atom. The zero-order valence-corrected chi connectivity index (χ0v) is 8.90. The molecule has 0 aliphatic carbocycles. The zero-order chi connectivity index (χ0) is 11.4. The minimum absolute atomic E-state index is 0. The molecule has 90 valence electrons. The van der Waals surface area contributed by atoms with Gasteiger partial charge in [-0.15, -0.1) is 0 Å². The van der Waals surface area contributed by atoms with E-state index in [-0.39, 0.29) is 5.48 Å². The summed E-state index contributed by atoms with van der Waals surface area (Å²) in [5.41, 5.74) is -0.692. The number of aliphatic hydroxyl groups is 1. The number of carboxylic acid groups (broad SMARTS) is 1. The number of rotatable bonds is 3. The topological polar surface area (TPSA) is 127 Å². The number of alkyl carbamates (subject to hydrolysis) is 1. The van der Waals surface area contributed by atoms with Crippen molar-refractivity contribution in [2.75, 3.05) is 6.61 Å². The molecule has 0 aromatic carbocycles. The van der Waals surface area contributed by atoms with Crippen LogP contribution in [0.4, 0.5) is 4.79 Å². The fourth-order valence-electron chi connectivity index (χ4n) is 0.635. The highest BCUT2D eigenvalue weighted by Crippen LogP contribution is 2.06. The predicted molar refractivity (Wildman–Crippen MR) is 51.5 cm³/mol. The quantitative estimate of drug-likeness (QED) is 0.573. The first-order chi connectivity index (χ1) is 6.26. The van der Waals surface area contributed by atoms with Crippen LogP contribution in [-0.2, 0) is 9.53 Å². The molecule has 0 heterocycles. The van der Waals surface area contributed by atoms with E-state index >= 15 is 0 Å². The van der Waals surface area contributed by atoms with Gasteiger partial charge in [-0.1, -0.05) is 0 Å². The van der Waals surface area contributed by atoms with Gasteiger partial charge in [-0.25, -0.2) is 9.59 Å². The Hall–Kier alpha value is -1.34. The standard InChI is InChI=1S/C8H15NO5.H2O/c1-8(2,3)14-7(13)9-5(4-10)6(11)12;/h5,10H,4H2,1-3H3,(H,9,13)(H,11,12);1H2/t5-;/m0./s1. The van der Waals surface area contributed by atoms with Gasteiger partial charge < -0.3 is 25.7 Å². The van der Waals surface area contributed by atoms with Crippen molar-refractivity contribution in [3.63, 3.8) is 0 Å². The molecule has 15 heavy (non-hydrogen) atoms. The molecule has 1 amide bonds. The molecule has 0 radical (unpaired) electrons. The zero-order valence-electron chi connectivity index (χ0n) is 8.90. The van der Waals surface area contributed by atoms with Gasteiger partial charge >= 0.3 is 12.1 Å². The molecule has 0 bridgehead atoms. The summed E-state index contributed by atoms with van der Waals surface area (Å²) in [6.07, 6.45) is -0.862. The molecule has 1 atom stereocenters. The van der Waals surface area contributed by atoms with Crippen LogP contribution in [0.1, 0.15) is 20.8 Å². The number of carbonyl (C=O) groups is 2. The number of aliphatic carboxylic acids is 1. The van der Waals surface area contributed by atoms with Crippen molar-refractivity contribution in [1.29, 1.82) is 0 Å². The first-order valence-electron chi connectivity index (χ1n) is 4.09. The van der Waals surface area contributed by atoms with Crippen LogP contribution in [0.3, 0.4) is 0 Å². The van der Waals surface area contributed by atoms with Crippen molar-refractivity contribution in [2.45, 2.75) is 32.4 Å². The summed E-state index contributed by atoms with van der Waals surface area (Å²) in [5, 5.41) is 19.1. The number of amides is 1. The van der Waals surface area contributed by atoms with Gasteiger partial charge in [0, 0.05) is 0 Å². The highest BCUT2D eigenvalue weighted by atomic mass is 16.6.